The molecule has 0 aliphatic carbocycles. The number of rotatable bonds is 5. The third-order valence-corrected chi connectivity index (χ3v) is 5.09. The number of hydrogen-bond acceptors (Lipinski definition) is 3. The molecule has 0 spiro atoms. The highest BCUT2D eigenvalue weighted by Gasteiger charge is 2.28. The number of methoxy groups -OCH3 is 2. The highest BCUT2D eigenvalue weighted by atomic mass is 28.2. The predicted molar refractivity (Wildman–Crippen MR) is 61.2 cm³/mol. The van der Waals surface area contributed by atoms with Gasteiger partial charge in [0.25, 0.3) is 0 Å². The fraction of sp³-hybridized carbons (Fsp3) is 1.00. The van der Waals surface area contributed by atoms with Crippen molar-refractivity contribution in [3.8, 4) is 0 Å². The first-order valence-electron chi connectivity index (χ1n) is 5.64. The summed E-state index contributed by atoms with van der Waals surface area (Å²) in [5.74, 6) is 0. The van der Waals surface area contributed by atoms with E-state index >= 15 is 0 Å². The van der Waals surface area contributed by atoms with Crippen LogP contribution in [0.4, 0.5) is 0 Å². The van der Waals surface area contributed by atoms with Crippen LogP contribution in [0.1, 0.15) is 26.2 Å². The molecule has 4 heteroatoms. The average molecular weight is 217 g/mol. The molecule has 0 aromatic rings. The Kier molecular flexibility index (Phi) is 5.70. The molecule has 1 atom stereocenters. The number of ether oxygens (including phenoxy) is 2. The van der Waals surface area contributed by atoms with Gasteiger partial charge in [0, 0.05) is 35.9 Å². The minimum Gasteiger partial charge on any atom is -0.343 e. The topological polar surface area (TPSA) is 21.7 Å². The molecule has 0 radical (unpaired) electrons. The monoisotopic (exact) mass is 217 g/mol. The van der Waals surface area contributed by atoms with Gasteiger partial charge in [-0.15, -0.1) is 0 Å². The summed E-state index contributed by atoms with van der Waals surface area (Å²) in [6.45, 7) is 3.44. The normalized spacial score (nSPS) is 25.3. The summed E-state index contributed by atoms with van der Waals surface area (Å²) in [7, 11) is 3.49. The summed E-state index contributed by atoms with van der Waals surface area (Å²) in [6.07, 6.45) is 3.91. The van der Waals surface area contributed by atoms with Gasteiger partial charge in [-0.1, -0.05) is 19.4 Å². The Bertz CT molecular complexity index is 151. The number of hydrogen-bond donors (Lipinski definition) is 0. The van der Waals surface area contributed by atoms with Gasteiger partial charge in [-0.2, -0.15) is 0 Å². The van der Waals surface area contributed by atoms with Crippen molar-refractivity contribution in [1.82, 2.24) is 4.90 Å². The van der Waals surface area contributed by atoms with E-state index < -0.39 is 0 Å². The van der Waals surface area contributed by atoms with Gasteiger partial charge >= 0.3 is 0 Å². The van der Waals surface area contributed by atoms with Crippen molar-refractivity contribution in [2.45, 2.75) is 44.3 Å². The van der Waals surface area contributed by atoms with Crippen LogP contribution in [0.2, 0.25) is 6.04 Å². The molecule has 1 rings (SSSR count). The highest BCUT2D eigenvalue weighted by Crippen LogP contribution is 2.20. The molecule has 0 N–H and O–H groups in total. The molecule has 84 valence electrons. The van der Waals surface area contributed by atoms with Crippen molar-refractivity contribution in [3.05, 3.63) is 0 Å². The molecule has 0 saturated carbocycles. The Morgan fingerprint density at radius 3 is 2.64 bits per heavy atom. The maximum absolute atomic E-state index is 5.34. The van der Waals surface area contributed by atoms with Gasteiger partial charge in [-0.25, -0.2) is 0 Å². The molecular weight excluding hydrogens is 194 g/mol. The van der Waals surface area contributed by atoms with Crippen molar-refractivity contribution in [2.24, 2.45) is 0 Å². The predicted octanol–water partition coefficient (Wildman–Crippen LogP) is 0.982. The third kappa shape index (κ3) is 3.05. The zero-order valence-electron chi connectivity index (χ0n) is 9.66. The quantitative estimate of drug-likeness (QED) is 0.506. The van der Waals surface area contributed by atoms with E-state index in [0.29, 0.717) is 0 Å². The van der Waals surface area contributed by atoms with Crippen molar-refractivity contribution in [3.63, 3.8) is 0 Å². The Morgan fingerprint density at radius 1 is 1.36 bits per heavy atom. The fourth-order valence-corrected chi connectivity index (χ4v) is 4.24. The summed E-state index contributed by atoms with van der Waals surface area (Å²) in [5, 5.41) is 0. The maximum Gasteiger partial charge on any atom is 0.218 e. The van der Waals surface area contributed by atoms with Crippen molar-refractivity contribution in [2.75, 3.05) is 20.8 Å². The molecule has 3 nitrogen and oxygen atoms in total. The smallest absolute Gasteiger partial charge is 0.218 e. The van der Waals surface area contributed by atoms with E-state index in [4.69, 9.17) is 9.47 Å². The largest absolute Gasteiger partial charge is 0.343 e. The summed E-state index contributed by atoms with van der Waals surface area (Å²) in [6, 6.07) is 1.38. The lowest BCUT2D eigenvalue weighted by Crippen LogP contribution is -2.50. The summed E-state index contributed by atoms with van der Waals surface area (Å²) < 4.78 is 10.7. The lowest BCUT2D eigenvalue weighted by Gasteiger charge is -2.39. The molecular formula is C10H23NO2Si. The maximum atomic E-state index is 5.34. The van der Waals surface area contributed by atoms with Crippen LogP contribution < -0.4 is 0 Å². The first kappa shape index (κ1) is 12.2. The molecule has 1 saturated heterocycles. The molecule has 0 aromatic carbocycles. The molecule has 1 unspecified atom stereocenters. The van der Waals surface area contributed by atoms with Gasteiger partial charge in [0.2, 0.25) is 6.41 Å². The molecule has 1 aliphatic heterocycles. The molecule has 0 aromatic heterocycles. The van der Waals surface area contributed by atoms with Gasteiger partial charge in [0.05, 0.1) is 0 Å². The van der Waals surface area contributed by atoms with Crippen LogP contribution in [0, 0.1) is 0 Å². The van der Waals surface area contributed by atoms with Crippen molar-refractivity contribution in [1.29, 1.82) is 0 Å². The first-order valence-corrected chi connectivity index (χ1v) is 7.46. The minimum atomic E-state index is -0.112. The van der Waals surface area contributed by atoms with E-state index in [-0.39, 0.29) is 15.9 Å². The van der Waals surface area contributed by atoms with Crippen LogP contribution in [-0.4, -0.2) is 47.3 Å². The van der Waals surface area contributed by atoms with E-state index in [1.807, 2.05) is 0 Å². The second kappa shape index (κ2) is 6.56. The van der Waals surface area contributed by atoms with Crippen LogP contribution in [0.25, 0.3) is 0 Å². The van der Waals surface area contributed by atoms with Crippen LogP contribution >= 0.6 is 0 Å². The first-order chi connectivity index (χ1) is 6.83. The molecule has 14 heavy (non-hydrogen) atoms. The van der Waals surface area contributed by atoms with Crippen LogP contribution in [0.5, 0.6) is 0 Å². The average Bonchev–Trinajstić information content (AvgIpc) is 2.23. The molecule has 1 aliphatic rings. The Morgan fingerprint density at radius 2 is 2.07 bits per heavy atom. The van der Waals surface area contributed by atoms with Gasteiger partial charge in [-0.3, -0.25) is 4.90 Å². The number of nitrogens with zero attached hydrogens (tertiary/aromatic N) is 1. The standard InChI is InChI=1S/C10H23NO2Si/c1-4-14-9-7-5-6-8-11(9)10(12-2)13-3/h9-10H,4-8,14H2,1-3H3. The van der Waals surface area contributed by atoms with E-state index in [1.54, 1.807) is 14.2 Å². The van der Waals surface area contributed by atoms with Gasteiger partial charge in [0.15, 0.2) is 0 Å². The second-order valence-electron chi connectivity index (χ2n) is 3.95. The lowest BCUT2D eigenvalue weighted by atomic mass is 10.1. The Labute approximate surface area is 89.6 Å². The number of piperidine rings is 1. The summed E-state index contributed by atoms with van der Waals surface area (Å²) in [4.78, 5) is 2.42. The summed E-state index contributed by atoms with van der Waals surface area (Å²) >= 11 is 0. The SMILES string of the molecule is CC[SiH2]C1CCCCN1C(OC)OC. The fourth-order valence-electron chi connectivity index (χ4n) is 2.31. The van der Waals surface area contributed by atoms with Gasteiger partial charge in [-0.05, 0) is 12.8 Å². The van der Waals surface area contributed by atoms with Crippen LogP contribution in [-0.2, 0) is 9.47 Å². The molecule has 1 heterocycles. The summed E-state index contributed by atoms with van der Waals surface area (Å²) in [5.41, 5.74) is 0.790. The van der Waals surface area contributed by atoms with E-state index in [9.17, 15) is 0 Å². The van der Waals surface area contributed by atoms with Crippen LogP contribution in [0.15, 0.2) is 0 Å². The zero-order valence-corrected chi connectivity index (χ0v) is 11.1. The van der Waals surface area contributed by atoms with E-state index in [0.717, 1.165) is 12.2 Å². The van der Waals surface area contributed by atoms with Gasteiger partial charge in [0.1, 0.15) is 0 Å². The molecule has 0 amide bonds. The molecule has 0 bridgehead atoms. The zero-order chi connectivity index (χ0) is 10.4. The second-order valence-corrected chi connectivity index (χ2v) is 6.47. The van der Waals surface area contributed by atoms with E-state index in [2.05, 4.69) is 11.8 Å². The third-order valence-electron chi connectivity index (χ3n) is 2.97. The van der Waals surface area contributed by atoms with Gasteiger partial charge < -0.3 is 9.47 Å². The van der Waals surface area contributed by atoms with Crippen molar-refractivity contribution >= 4 is 9.52 Å². The Hall–Kier alpha value is 0.0969. The van der Waals surface area contributed by atoms with Crippen molar-refractivity contribution < 1.29 is 9.47 Å². The lowest BCUT2D eigenvalue weighted by molar-refractivity contribution is -0.205. The van der Waals surface area contributed by atoms with E-state index in [1.165, 1.54) is 25.3 Å². The van der Waals surface area contributed by atoms with Crippen LogP contribution in [0.3, 0.4) is 0 Å². The number of likely N-dealkylation sites (tertiary alicyclic amines) is 1. The Balaban J connectivity index is 2.51. The highest BCUT2D eigenvalue weighted by molar-refractivity contribution is 6.37. The minimum absolute atomic E-state index is 0.0330. The molecule has 1 fully saturated rings.